The Hall–Kier alpha value is 0.710. The number of rotatable bonds is 10. The SMILES string of the molecule is O=P(O)(O)O[C@@H]([C@H](O[C@H]1O[C@H](CO)[C@@H](O)[C@H](O)[C@H]1O)[C@H](O)CO)[C@@H](O)CO.[NaH]. The van der Waals surface area contributed by atoms with E-state index < -0.39 is 82.8 Å². The molecule has 1 fully saturated rings. The Bertz CT molecular complexity index is 491. The maximum atomic E-state index is 11.1. The second-order valence-electron chi connectivity index (χ2n) is 5.86. The average Bonchev–Trinajstić information content (AvgIpc) is 2.62. The van der Waals surface area contributed by atoms with Crippen molar-refractivity contribution in [1.82, 2.24) is 0 Å². The number of hydrogen-bond acceptors (Lipinski definition) is 12. The summed E-state index contributed by atoms with van der Waals surface area (Å²) in [6.45, 7) is -2.95. The number of hydrogen-bond donors (Lipinski definition) is 10. The fourth-order valence-electron chi connectivity index (χ4n) is 2.44. The summed E-state index contributed by atoms with van der Waals surface area (Å²) >= 11 is 0. The molecule has 1 aliphatic heterocycles. The van der Waals surface area contributed by atoms with Crippen LogP contribution >= 0.6 is 7.82 Å². The third-order valence-corrected chi connectivity index (χ3v) is 4.37. The van der Waals surface area contributed by atoms with Crippen LogP contribution in [0.4, 0.5) is 0 Å². The summed E-state index contributed by atoms with van der Waals surface area (Å²) in [5.74, 6) is 0. The molecule has 14 nitrogen and oxygen atoms in total. The van der Waals surface area contributed by atoms with Crippen LogP contribution in [-0.4, -0.2) is 155 Å². The predicted octanol–water partition coefficient (Wildman–Crippen LogP) is -6.29. The molecule has 0 aliphatic carbocycles. The van der Waals surface area contributed by atoms with Gasteiger partial charge in [0.2, 0.25) is 0 Å². The van der Waals surface area contributed by atoms with Crippen LogP contribution in [0.25, 0.3) is 0 Å². The quantitative estimate of drug-likeness (QED) is 0.110. The Morgan fingerprint density at radius 2 is 1.39 bits per heavy atom. The van der Waals surface area contributed by atoms with E-state index in [4.69, 9.17) is 34.6 Å². The maximum absolute atomic E-state index is 11.1. The van der Waals surface area contributed by atoms with E-state index in [1.807, 2.05) is 0 Å². The minimum atomic E-state index is -5.28. The summed E-state index contributed by atoms with van der Waals surface area (Å²) in [6, 6.07) is 0. The van der Waals surface area contributed by atoms with Gasteiger partial charge in [-0.25, -0.2) is 4.57 Å². The zero-order valence-electron chi connectivity index (χ0n) is 13.9. The van der Waals surface area contributed by atoms with Gasteiger partial charge in [-0.05, 0) is 0 Å². The van der Waals surface area contributed by atoms with Crippen molar-refractivity contribution in [2.24, 2.45) is 0 Å². The Kier molecular flexibility index (Phi) is 12.9. The summed E-state index contributed by atoms with van der Waals surface area (Å²) in [7, 11) is -5.28. The van der Waals surface area contributed by atoms with Crippen LogP contribution in [0, 0.1) is 0 Å². The molecular formula is C12H26NaO14P. The first kappa shape index (κ1) is 28.7. The van der Waals surface area contributed by atoms with Crippen LogP contribution < -0.4 is 0 Å². The molecule has 0 saturated carbocycles. The number of phosphoric acid groups is 1. The summed E-state index contributed by atoms with van der Waals surface area (Å²) in [6.07, 6.45) is -16.9. The van der Waals surface area contributed by atoms with Gasteiger partial charge in [-0.1, -0.05) is 0 Å². The monoisotopic (exact) mass is 448 g/mol. The molecule has 28 heavy (non-hydrogen) atoms. The van der Waals surface area contributed by atoms with Gasteiger partial charge in [-0.2, -0.15) is 0 Å². The van der Waals surface area contributed by atoms with E-state index in [9.17, 15) is 30.1 Å². The molecule has 0 aromatic carbocycles. The summed E-state index contributed by atoms with van der Waals surface area (Å²) in [5, 5.41) is 76.4. The second-order valence-corrected chi connectivity index (χ2v) is 7.05. The van der Waals surface area contributed by atoms with Crippen molar-refractivity contribution < 1.29 is 69.2 Å². The molecule has 10 N–H and O–H groups in total. The summed E-state index contributed by atoms with van der Waals surface area (Å²) in [5.41, 5.74) is 0. The van der Waals surface area contributed by atoms with Crippen LogP contribution in [0.2, 0.25) is 0 Å². The normalized spacial score (nSPS) is 32.9. The predicted molar refractivity (Wildman–Crippen MR) is 88.9 cm³/mol. The molecule has 0 spiro atoms. The molecule has 16 heteroatoms. The summed E-state index contributed by atoms with van der Waals surface area (Å²) in [4.78, 5) is 17.9. The standard InChI is InChI=1S/C12H25O14P.Na.H/c13-1-4(16)10(11(5(17)2-14)26-27(21,22)23)25-12-9(20)8(19)7(18)6(3-15)24-12;;/h4-20H,1-3H2,(H2,21,22,23);;/t4-,5+,6-,7-,8+,9-,10-,11-,12-;;/m1../s1. The topological polar surface area (TPSA) is 247 Å². The van der Waals surface area contributed by atoms with Crippen LogP contribution in [0.3, 0.4) is 0 Å². The van der Waals surface area contributed by atoms with Gasteiger partial charge in [-0.3, -0.25) is 4.52 Å². The third-order valence-electron chi connectivity index (χ3n) is 3.86. The van der Waals surface area contributed by atoms with Crippen molar-refractivity contribution in [3.63, 3.8) is 0 Å². The fourth-order valence-corrected chi connectivity index (χ4v) is 3.01. The van der Waals surface area contributed by atoms with Crippen molar-refractivity contribution in [3.8, 4) is 0 Å². The van der Waals surface area contributed by atoms with Crippen molar-refractivity contribution in [3.05, 3.63) is 0 Å². The van der Waals surface area contributed by atoms with Gasteiger partial charge in [-0.15, -0.1) is 0 Å². The van der Waals surface area contributed by atoms with Gasteiger partial charge >= 0.3 is 37.4 Å². The van der Waals surface area contributed by atoms with Gasteiger partial charge in [0, 0.05) is 0 Å². The molecule has 0 radical (unpaired) electrons. The van der Waals surface area contributed by atoms with E-state index >= 15 is 0 Å². The molecule has 1 aliphatic rings. The zero-order valence-corrected chi connectivity index (χ0v) is 14.8. The van der Waals surface area contributed by atoms with Crippen LogP contribution in [-0.2, 0) is 18.6 Å². The molecular weight excluding hydrogens is 422 g/mol. The molecule has 0 aromatic rings. The molecule has 0 unspecified atom stereocenters. The van der Waals surface area contributed by atoms with E-state index in [0.717, 1.165) is 0 Å². The Morgan fingerprint density at radius 3 is 1.82 bits per heavy atom. The number of ether oxygens (including phenoxy) is 2. The molecule has 0 aromatic heterocycles. The molecule has 1 heterocycles. The number of aliphatic hydroxyl groups is 8. The van der Waals surface area contributed by atoms with Crippen molar-refractivity contribution in [1.29, 1.82) is 0 Å². The second kappa shape index (κ2) is 12.5. The van der Waals surface area contributed by atoms with E-state index in [-0.39, 0.29) is 29.6 Å². The van der Waals surface area contributed by atoms with Crippen molar-refractivity contribution in [2.45, 2.75) is 55.1 Å². The Balaban J connectivity index is 0.00000729. The fraction of sp³-hybridized carbons (Fsp3) is 1.00. The van der Waals surface area contributed by atoms with Crippen LogP contribution in [0.15, 0.2) is 0 Å². The first-order valence-corrected chi connectivity index (χ1v) is 9.27. The Labute approximate surface area is 181 Å². The molecule has 0 amide bonds. The van der Waals surface area contributed by atoms with Gasteiger partial charge in [0.25, 0.3) is 0 Å². The average molecular weight is 448 g/mol. The van der Waals surface area contributed by atoms with Crippen LogP contribution in [0.5, 0.6) is 0 Å². The van der Waals surface area contributed by atoms with E-state index in [2.05, 4.69) is 4.52 Å². The number of aliphatic hydroxyl groups excluding tert-OH is 8. The molecule has 9 atom stereocenters. The van der Waals surface area contributed by atoms with Crippen molar-refractivity contribution >= 4 is 37.4 Å². The minimum absolute atomic E-state index is 0. The Morgan fingerprint density at radius 1 is 0.893 bits per heavy atom. The van der Waals surface area contributed by atoms with Crippen LogP contribution in [0.1, 0.15) is 0 Å². The molecule has 164 valence electrons. The van der Waals surface area contributed by atoms with E-state index in [0.29, 0.717) is 0 Å². The van der Waals surface area contributed by atoms with E-state index in [1.165, 1.54) is 0 Å². The summed E-state index contributed by atoms with van der Waals surface area (Å²) < 4.78 is 25.6. The zero-order chi connectivity index (χ0) is 20.9. The molecule has 1 rings (SSSR count). The first-order valence-electron chi connectivity index (χ1n) is 7.74. The van der Waals surface area contributed by atoms with Gasteiger partial charge in [0.05, 0.1) is 19.8 Å². The number of phosphoric ester groups is 1. The third kappa shape index (κ3) is 7.76. The molecule has 0 bridgehead atoms. The first-order chi connectivity index (χ1) is 12.5. The van der Waals surface area contributed by atoms with Gasteiger partial charge < -0.3 is 60.1 Å². The van der Waals surface area contributed by atoms with Crippen molar-refractivity contribution in [2.75, 3.05) is 19.8 Å². The van der Waals surface area contributed by atoms with E-state index in [1.54, 1.807) is 0 Å². The van der Waals surface area contributed by atoms with Gasteiger partial charge in [0.15, 0.2) is 6.29 Å². The molecule has 1 saturated heterocycles. The van der Waals surface area contributed by atoms with Gasteiger partial charge in [0.1, 0.15) is 48.8 Å².